The van der Waals surface area contributed by atoms with Gasteiger partial charge in [-0.05, 0) is 66.2 Å². The largest absolute Gasteiger partial charge is 0.465 e. The number of nitrogens with one attached hydrogen (secondary N) is 2. The highest BCUT2D eigenvalue weighted by Gasteiger charge is 2.52. The minimum absolute atomic E-state index is 0.0198. The molecule has 0 radical (unpaired) electrons. The minimum Gasteiger partial charge on any atom is -0.465 e. The van der Waals surface area contributed by atoms with Gasteiger partial charge in [0.05, 0.1) is 11.2 Å². The van der Waals surface area contributed by atoms with E-state index in [1.807, 2.05) is 0 Å². The molecule has 3 N–H and O–H groups in total. The summed E-state index contributed by atoms with van der Waals surface area (Å²) in [5.41, 5.74) is 0.371. The molecule has 3 rings (SSSR count). The number of halogens is 1. The number of rotatable bonds is 4. The number of carboxylic acid groups (broad SMARTS) is 1. The summed E-state index contributed by atoms with van der Waals surface area (Å²) in [6, 6.07) is 5.04. The molecule has 2 bridgehead atoms. The number of fused-ring (bicyclic) bond motifs is 2. The standard InChI is InChI=1S/C18H22BrN3O5/c1-11(23)20-12-4-5-14(19)15(9-12)21-16(24)27-10-18-7-2-3-13(6-8-18)22(18)17(25)26/h4-5,9,13H,2-3,6-8,10H2,1H3,(H,20,23)(H,21,24)(H,25,26). The average molecular weight is 440 g/mol. The second-order valence-electron chi connectivity index (χ2n) is 7.04. The Morgan fingerprint density at radius 3 is 2.78 bits per heavy atom. The molecule has 8 nitrogen and oxygen atoms in total. The lowest BCUT2D eigenvalue weighted by Gasteiger charge is -2.42. The predicted octanol–water partition coefficient (Wildman–Crippen LogP) is 4.02. The normalized spacial score (nSPS) is 23.6. The summed E-state index contributed by atoms with van der Waals surface area (Å²) < 4.78 is 6.04. The fourth-order valence-electron chi connectivity index (χ4n) is 4.08. The monoisotopic (exact) mass is 439 g/mol. The van der Waals surface area contributed by atoms with Crippen molar-refractivity contribution >= 4 is 45.4 Å². The number of carbonyl (C=O) groups is 3. The van der Waals surface area contributed by atoms with Crippen LogP contribution in [0.25, 0.3) is 0 Å². The van der Waals surface area contributed by atoms with E-state index in [4.69, 9.17) is 4.74 Å². The molecular weight excluding hydrogens is 418 g/mol. The summed E-state index contributed by atoms with van der Waals surface area (Å²) in [4.78, 5) is 36.6. The molecule has 2 unspecified atom stereocenters. The Balaban J connectivity index is 1.65. The van der Waals surface area contributed by atoms with E-state index in [0.29, 0.717) is 28.7 Å². The van der Waals surface area contributed by atoms with Crippen LogP contribution in [0.4, 0.5) is 21.0 Å². The maximum atomic E-state index is 12.3. The first-order valence-corrected chi connectivity index (χ1v) is 9.63. The highest BCUT2D eigenvalue weighted by atomic mass is 79.9. The van der Waals surface area contributed by atoms with Gasteiger partial charge in [0.2, 0.25) is 5.91 Å². The summed E-state index contributed by atoms with van der Waals surface area (Å²) in [6.45, 7) is 1.43. The highest BCUT2D eigenvalue weighted by molar-refractivity contribution is 9.10. The number of benzene rings is 1. The minimum atomic E-state index is -0.952. The van der Waals surface area contributed by atoms with Gasteiger partial charge in [-0.3, -0.25) is 15.0 Å². The van der Waals surface area contributed by atoms with Gasteiger partial charge in [-0.15, -0.1) is 0 Å². The van der Waals surface area contributed by atoms with Crippen molar-refractivity contribution < 1.29 is 24.2 Å². The molecule has 1 aromatic rings. The van der Waals surface area contributed by atoms with Crippen molar-refractivity contribution in [2.24, 2.45) is 0 Å². The average Bonchev–Trinajstić information content (AvgIpc) is 2.83. The Labute approximate surface area is 165 Å². The van der Waals surface area contributed by atoms with Crippen LogP contribution in [-0.4, -0.2) is 46.3 Å². The first-order valence-electron chi connectivity index (χ1n) is 8.84. The van der Waals surface area contributed by atoms with Crippen LogP contribution in [0, 0.1) is 0 Å². The van der Waals surface area contributed by atoms with Crippen LogP contribution < -0.4 is 10.6 Å². The summed E-state index contributed by atoms with van der Waals surface area (Å²) in [5, 5.41) is 14.8. The molecule has 2 aliphatic heterocycles. The summed E-state index contributed by atoms with van der Waals surface area (Å²) in [5.74, 6) is -0.216. The molecule has 2 aliphatic rings. The van der Waals surface area contributed by atoms with Crippen LogP contribution in [0.2, 0.25) is 0 Å². The Hall–Kier alpha value is -2.29. The lowest BCUT2D eigenvalue weighted by molar-refractivity contribution is -0.114. The van der Waals surface area contributed by atoms with E-state index >= 15 is 0 Å². The fourth-order valence-corrected chi connectivity index (χ4v) is 4.42. The third kappa shape index (κ3) is 4.18. The zero-order valence-electron chi connectivity index (χ0n) is 15.0. The van der Waals surface area contributed by atoms with E-state index in [9.17, 15) is 19.5 Å². The van der Waals surface area contributed by atoms with Gasteiger partial charge in [0.25, 0.3) is 0 Å². The van der Waals surface area contributed by atoms with Gasteiger partial charge in [-0.2, -0.15) is 0 Å². The molecule has 1 aromatic carbocycles. The quantitative estimate of drug-likeness (QED) is 0.656. The summed E-state index contributed by atoms with van der Waals surface area (Å²) >= 11 is 3.34. The molecule has 3 amide bonds. The van der Waals surface area contributed by atoms with Gasteiger partial charge >= 0.3 is 12.2 Å². The molecule has 146 valence electrons. The van der Waals surface area contributed by atoms with Crippen molar-refractivity contribution in [2.45, 2.75) is 50.6 Å². The number of ether oxygens (including phenoxy) is 1. The van der Waals surface area contributed by atoms with Crippen LogP contribution in [0.3, 0.4) is 0 Å². The van der Waals surface area contributed by atoms with Gasteiger partial charge in [-0.25, -0.2) is 9.59 Å². The number of amides is 3. The van der Waals surface area contributed by atoms with Crippen molar-refractivity contribution in [3.8, 4) is 0 Å². The first-order chi connectivity index (χ1) is 12.8. The maximum absolute atomic E-state index is 12.3. The van der Waals surface area contributed by atoms with E-state index in [-0.39, 0.29) is 18.6 Å². The molecule has 2 atom stereocenters. The van der Waals surface area contributed by atoms with Crippen LogP contribution >= 0.6 is 15.9 Å². The van der Waals surface area contributed by atoms with Gasteiger partial charge < -0.3 is 15.2 Å². The predicted molar refractivity (Wildman–Crippen MR) is 103 cm³/mol. The number of piperidine rings is 1. The second-order valence-corrected chi connectivity index (χ2v) is 7.89. The Kier molecular flexibility index (Phi) is 5.59. The number of hydrogen-bond acceptors (Lipinski definition) is 4. The zero-order chi connectivity index (χ0) is 19.6. The Morgan fingerprint density at radius 2 is 2.07 bits per heavy atom. The van der Waals surface area contributed by atoms with E-state index < -0.39 is 17.7 Å². The molecule has 2 fully saturated rings. The topological polar surface area (TPSA) is 108 Å². The van der Waals surface area contributed by atoms with Gasteiger partial charge in [0.15, 0.2) is 0 Å². The van der Waals surface area contributed by atoms with E-state index in [1.54, 1.807) is 18.2 Å². The first kappa shape index (κ1) is 19.5. The smallest absolute Gasteiger partial charge is 0.411 e. The van der Waals surface area contributed by atoms with Gasteiger partial charge in [0.1, 0.15) is 6.61 Å². The molecule has 0 spiro atoms. The highest BCUT2D eigenvalue weighted by Crippen LogP contribution is 2.44. The molecule has 27 heavy (non-hydrogen) atoms. The molecule has 9 heteroatoms. The molecular formula is C18H22BrN3O5. The Bertz CT molecular complexity index is 767. The van der Waals surface area contributed by atoms with Crippen LogP contribution in [0.1, 0.15) is 39.0 Å². The molecule has 0 saturated carbocycles. The SMILES string of the molecule is CC(=O)Nc1ccc(Br)c(NC(=O)OCC23CCCC(CC2)N3C(=O)O)c1. The summed E-state index contributed by atoms with van der Waals surface area (Å²) in [7, 11) is 0. The van der Waals surface area contributed by atoms with Gasteiger partial charge in [0, 0.05) is 23.1 Å². The zero-order valence-corrected chi connectivity index (χ0v) is 16.5. The fraction of sp³-hybridized carbons (Fsp3) is 0.500. The second kappa shape index (κ2) is 7.75. The van der Waals surface area contributed by atoms with Crippen molar-refractivity contribution in [1.29, 1.82) is 0 Å². The van der Waals surface area contributed by atoms with Crippen molar-refractivity contribution in [1.82, 2.24) is 4.90 Å². The maximum Gasteiger partial charge on any atom is 0.411 e. The van der Waals surface area contributed by atoms with E-state index in [0.717, 1.165) is 19.3 Å². The number of hydrogen-bond donors (Lipinski definition) is 3. The Morgan fingerprint density at radius 1 is 1.30 bits per heavy atom. The molecule has 0 aliphatic carbocycles. The lowest BCUT2D eigenvalue weighted by Crippen LogP contribution is -2.55. The lowest BCUT2D eigenvalue weighted by atomic mass is 9.89. The van der Waals surface area contributed by atoms with Crippen LogP contribution in [0.5, 0.6) is 0 Å². The van der Waals surface area contributed by atoms with Crippen molar-refractivity contribution in [3.05, 3.63) is 22.7 Å². The van der Waals surface area contributed by atoms with E-state index in [1.165, 1.54) is 11.8 Å². The van der Waals surface area contributed by atoms with Crippen LogP contribution in [-0.2, 0) is 9.53 Å². The van der Waals surface area contributed by atoms with E-state index in [2.05, 4.69) is 26.6 Å². The number of carbonyl (C=O) groups excluding carboxylic acids is 2. The van der Waals surface area contributed by atoms with Crippen molar-refractivity contribution in [2.75, 3.05) is 17.2 Å². The van der Waals surface area contributed by atoms with Crippen LogP contribution in [0.15, 0.2) is 22.7 Å². The molecule has 2 saturated heterocycles. The molecule has 2 heterocycles. The van der Waals surface area contributed by atoms with Gasteiger partial charge in [-0.1, -0.05) is 0 Å². The molecule has 0 aromatic heterocycles. The third-order valence-electron chi connectivity index (χ3n) is 5.20. The third-order valence-corrected chi connectivity index (χ3v) is 5.89. The summed E-state index contributed by atoms with van der Waals surface area (Å²) in [6.07, 6.45) is 2.40. The number of anilines is 2. The van der Waals surface area contributed by atoms with Crippen molar-refractivity contribution in [3.63, 3.8) is 0 Å². The number of nitrogens with zero attached hydrogens (tertiary/aromatic N) is 1.